The zero-order valence-corrected chi connectivity index (χ0v) is 11.5. The molecular weight excluding hydrogens is 234 g/mol. The molecule has 3 nitrogen and oxygen atoms in total. The van der Waals surface area contributed by atoms with Gasteiger partial charge in [0.25, 0.3) is 0 Å². The highest BCUT2D eigenvalue weighted by Gasteiger charge is 2.56. The van der Waals surface area contributed by atoms with Gasteiger partial charge in [0.1, 0.15) is 0 Å². The lowest BCUT2D eigenvalue weighted by atomic mass is 10.1. The third-order valence-corrected chi connectivity index (χ3v) is 5.90. The van der Waals surface area contributed by atoms with Gasteiger partial charge >= 0.3 is 0 Å². The minimum Gasteiger partial charge on any atom is -0.212 e. The summed E-state index contributed by atoms with van der Waals surface area (Å²) in [5, 5.41) is 0. The minimum atomic E-state index is -3.22. The Bertz CT molecular complexity index is 502. The Morgan fingerprint density at radius 1 is 1.12 bits per heavy atom. The first kappa shape index (κ1) is 12.6. The van der Waals surface area contributed by atoms with Crippen molar-refractivity contribution in [2.75, 3.05) is 0 Å². The van der Waals surface area contributed by atoms with Gasteiger partial charge in [-0.2, -0.15) is 4.31 Å². The van der Waals surface area contributed by atoms with E-state index in [1.165, 1.54) is 0 Å². The van der Waals surface area contributed by atoms with E-state index in [1.807, 2.05) is 37.3 Å². The second-order valence-corrected chi connectivity index (χ2v) is 8.14. The molecule has 0 aromatic heterocycles. The average molecular weight is 253 g/mol. The van der Waals surface area contributed by atoms with Crippen LogP contribution in [-0.2, 0) is 10.0 Å². The van der Waals surface area contributed by atoms with Gasteiger partial charge in [0.2, 0.25) is 10.0 Å². The SMILES string of the molecule is C[C@H]1[C@H](c2ccccc2)N1S(=O)(=O)C(C)(C)C. The summed E-state index contributed by atoms with van der Waals surface area (Å²) < 4.78 is 25.6. The third kappa shape index (κ3) is 2.00. The van der Waals surface area contributed by atoms with Crippen molar-refractivity contribution >= 4 is 10.0 Å². The highest BCUT2D eigenvalue weighted by molar-refractivity contribution is 7.90. The summed E-state index contributed by atoms with van der Waals surface area (Å²) in [5.74, 6) is 0. The van der Waals surface area contributed by atoms with Crippen molar-refractivity contribution in [1.82, 2.24) is 4.31 Å². The first-order valence-electron chi connectivity index (χ1n) is 5.85. The molecule has 17 heavy (non-hydrogen) atoms. The molecule has 0 saturated carbocycles. The molecule has 0 aliphatic carbocycles. The number of hydrogen-bond donors (Lipinski definition) is 0. The lowest BCUT2D eigenvalue weighted by molar-refractivity contribution is 0.512. The van der Waals surface area contributed by atoms with Crippen molar-refractivity contribution in [3.05, 3.63) is 35.9 Å². The lowest BCUT2D eigenvalue weighted by Crippen LogP contribution is -2.34. The first-order valence-corrected chi connectivity index (χ1v) is 7.29. The fourth-order valence-corrected chi connectivity index (χ4v) is 3.81. The van der Waals surface area contributed by atoms with E-state index in [0.717, 1.165) is 5.56 Å². The molecular formula is C13H19NO2S. The van der Waals surface area contributed by atoms with E-state index < -0.39 is 14.8 Å². The Labute approximate surface area is 104 Å². The van der Waals surface area contributed by atoms with Crippen LogP contribution in [0.3, 0.4) is 0 Å². The molecule has 0 amide bonds. The summed E-state index contributed by atoms with van der Waals surface area (Å²) in [5.41, 5.74) is 1.08. The smallest absolute Gasteiger partial charge is 0.212 e. The van der Waals surface area contributed by atoms with Gasteiger partial charge in [-0.25, -0.2) is 8.42 Å². The largest absolute Gasteiger partial charge is 0.219 e. The van der Waals surface area contributed by atoms with Crippen molar-refractivity contribution in [3.63, 3.8) is 0 Å². The van der Waals surface area contributed by atoms with E-state index in [-0.39, 0.29) is 12.1 Å². The Morgan fingerprint density at radius 3 is 2.12 bits per heavy atom. The third-order valence-electron chi connectivity index (χ3n) is 3.24. The zero-order valence-electron chi connectivity index (χ0n) is 10.7. The van der Waals surface area contributed by atoms with Gasteiger partial charge in [0.15, 0.2) is 0 Å². The van der Waals surface area contributed by atoms with Gasteiger partial charge in [-0.3, -0.25) is 0 Å². The summed E-state index contributed by atoms with van der Waals surface area (Å²) >= 11 is 0. The molecule has 1 fully saturated rings. The summed E-state index contributed by atoms with van der Waals surface area (Å²) in [6.45, 7) is 7.20. The second kappa shape index (κ2) is 3.82. The van der Waals surface area contributed by atoms with E-state index in [0.29, 0.717) is 0 Å². The summed E-state index contributed by atoms with van der Waals surface area (Å²) in [6.07, 6.45) is 0. The average Bonchev–Trinajstić information content (AvgIpc) is 2.90. The maximum Gasteiger partial charge on any atom is 0.219 e. The lowest BCUT2D eigenvalue weighted by Gasteiger charge is -2.20. The molecule has 1 unspecified atom stereocenters. The number of nitrogens with zero attached hydrogens (tertiary/aromatic N) is 1. The quantitative estimate of drug-likeness (QED) is 0.760. The van der Waals surface area contributed by atoms with E-state index in [1.54, 1.807) is 25.1 Å². The van der Waals surface area contributed by atoms with Crippen molar-refractivity contribution in [1.29, 1.82) is 0 Å². The zero-order chi connectivity index (χ0) is 12.8. The van der Waals surface area contributed by atoms with E-state index in [4.69, 9.17) is 0 Å². The van der Waals surface area contributed by atoms with Crippen LogP contribution < -0.4 is 0 Å². The number of rotatable bonds is 2. The topological polar surface area (TPSA) is 37.1 Å². The van der Waals surface area contributed by atoms with Gasteiger partial charge in [-0.1, -0.05) is 30.3 Å². The molecule has 0 bridgehead atoms. The minimum absolute atomic E-state index is 0.0143. The van der Waals surface area contributed by atoms with Gasteiger partial charge in [-0.15, -0.1) is 0 Å². The molecule has 4 heteroatoms. The maximum atomic E-state index is 12.3. The summed E-state index contributed by atoms with van der Waals surface area (Å²) in [7, 11) is -3.22. The molecule has 94 valence electrons. The molecule has 0 N–H and O–H groups in total. The molecule has 1 aromatic carbocycles. The number of hydrogen-bond acceptors (Lipinski definition) is 2. The van der Waals surface area contributed by atoms with Gasteiger partial charge in [0, 0.05) is 6.04 Å². The molecule has 1 aromatic rings. The van der Waals surface area contributed by atoms with Crippen molar-refractivity contribution in [2.45, 2.75) is 44.5 Å². The Balaban J connectivity index is 2.29. The number of sulfonamides is 1. The summed E-state index contributed by atoms with van der Waals surface area (Å²) in [4.78, 5) is 0. The van der Waals surface area contributed by atoms with Gasteiger partial charge < -0.3 is 0 Å². The van der Waals surface area contributed by atoms with Gasteiger partial charge in [-0.05, 0) is 33.3 Å². The van der Waals surface area contributed by atoms with Crippen LogP contribution in [0.2, 0.25) is 0 Å². The predicted octanol–water partition coefficient (Wildman–Crippen LogP) is 2.56. The van der Waals surface area contributed by atoms with Crippen molar-refractivity contribution in [3.8, 4) is 0 Å². The Hall–Kier alpha value is -0.870. The monoisotopic (exact) mass is 253 g/mol. The molecule has 2 rings (SSSR count). The molecule has 1 heterocycles. The van der Waals surface area contributed by atoms with Crippen LogP contribution in [0, 0.1) is 0 Å². The predicted molar refractivity (Wildman–Crippen MR) is 69.2 cm³/mol. The highest BCUT2D eigenvalue weighted by atomic mass is 32.2. The van der Waals surface area contributed by atoms with Crippen LogP contribution in [0.1, 0.15) is 39.3 Å². The van der Waals surface area contributed by atoms with E-state index in [2.05, 4.69) is 0 Å². The molecule has 0 spiro atoms. The summed E-state index contributed by atoms with van der Waals surface area (Å²) in [6, 6.07) is 9.89. The van der Waals surface area contributed by atoms with E-state index >= 15 is 0 Å². The fourth-order valence-electron chi connectivity index (χ4n) is 2.08. The second-order valence-electron chi connectivity index (χ2n) is 5.54. The Morgan fingerprint density at radius 2 is 1.65 bits per heavy atom. The molecule has 1 aliphatic rings. The van der Waals surface area contributed by atoms with Crippen LogP contribution in [0.15, 0.2) is 30.3 Å². The van der Waals surface area contributed by atoms with Crippen LogP contribution in [0.25, 0.3) is 0 Å². The highest BCUT2D eigenvalue weighted by Crippen LogP contribution is 2.47. The van der Waals surface area contributed by atoms with Crippen molar-refractivity contribution in [2.24, 2.45) is 0 Å². The van der Waals surface area contributed by atoms with Gasteiger partial charge in [0.05, 0.1) is 10.8 Å². The maximum absolute atomic E-state index is 12.3. The van der Waals surface area contributed by atoms with Crippen LogP contribution >= 0.6 is 0 Å². The molecule has 3 atom stereocenters. The van der Waals surface area contributed by atoms with E-state index in [9.17, 15) is 8.42 Å². The van der Waals surface area contributed by atoms with Crippen LogP contribution in [0.5, 0.6) is 0 Å². The first-order chi connectivity index (χ1) is 7.77. The number of benzene rings is 1. The Kier molecular flexibility index (Phi) is 2.83. The molecule has 1 aliphatic heterocycles. The molecule has 1 saturated heterocycles. The van der Waals surface area contributed by atoms with Crippen LogP contribution in [-0.4, -0.2) is 23.5 Å². The normalized spacial score (nSPS) is 29.1. The fraction of sp³-hybridized carbons (Fsp3) is 0.538. The molecule has 0 radical (unpaired) electrons. The standard InChI is InChI=1S/C13H19NO2S/c1-10-12(11-8-6-5-7-9-11)14(10)17(15,16)13(2,3)4/h5-10,12H,1-4H3/t10-,12+,14?/m0/s1. The van der Waals surface area contributed by atoms with Crippen LogP contribution in [0.4, 0.5) is 0 Å². The van der Waals surface area contributed by atoms with Crippen molar-refractivity contribution < 1.29 is 8.42 Å².